The molecule has 0 unspecified atom stereocenters. The number of esters is 1. The Hall–Kier alpha value is -2.55. The van der Waals surface area contributed by atoms with E-state index in [-0.39, 0.29) is 11.4 Å². The Morgan fingerprint density at radius 2 is 1.74 bits per heavy atom. The van der Waals surface area contributed by atoms with Crippen LogP contribution in [0.2, 0.25) is 0 Å². The lowest BCUT2D eigenvalue weighted by Gasteiger charge is -2.57. The van der Waals surface area contributed by atoms with Crippen LogP contribution in [0.3, 0.4) is 0 Å². The number of phenols is 1. The van der Waals surface area contributed by atoms with Crippen LogP contribution >= 0.6 is 0 Å². The fourth-order valence-corrected chi connectivity index (χ4v) is 7.04. The molecule has 2 aromatic carbocycles. The maximum absolute atomic E-state index is 11.6. The van der Waals surface area contributed by atoms with Gasteiger partial charge in [0.15, 0.2) is 0 Å². The quantitative estimate of drug-likeness (QED) is 0.452. The number of aryl methyl sites for hydroxylation is 1. The van der Waals surface area contributed by atoms with Crippen LogP contribution in [-0.4, -0.2) is 17.7 Å². The summed E-state index contributed by atoms with van der Waals surface area (Å²) >= 11 is 0. The first-order valence-corrected chi connectivity index (χ1v) is 11.7. The number of aromatic hydroxyl groups is 1. The Balaban J connectivity index is 1.45. The number of ether oxygens (including phenoxy) is 1. The predicted octanol–water partition coefficient (Wildman–Crippen LogP) is 6.41. The molecule has 4 saturated carbocycles. The van der Waals surface area contributed by atoms with Crippen LogP contribution in [0.5, 0.6) is 5.75 Å². The Labute approximate surface area is 185 Å². The minimum absolute atomic E-state index is 0.172. The van der Waals surface area contributed by atoms with Gasteiger partial charge in [0.1, 0.15) is 5.75 Å². The molecule has 0 atom stereocenters. The maximum atomic E-state index is 11.6. The molecule has 0 aromatic heterocycles. The minimum atomic E-state index is -0.317. The molecular weight excluding hydrogens is 384 g/mol. The van der Waals surface area contributed by atoms with Gasteiger partial charge >= 0.3 is 5.97 Å². The van der Waals surface area contributed by atoms with Gasteiger partial charge in [-0.2, -0.15) is 0 Å². The van der Waals surface area contributed by atoms with Crippen molar-refractivity contribution in [3.63, 3.8) is 0 Å². The number of carbonyl (C=O) groups excluding carboxylic acids is 1. The fourth-order valence-electron chi connectivity index (χ4n) is 7.04. The van der Waals surface area contributed by atoms with Crippen LogP contribution in [0.15, 0.2) is 42.5 Å². The van der Waals surface area contributed by atoms with Crippen LogP contribution < -0.4 is 0 Å². The predicted molar refractivity (Wildman–Crippen MR) is 124 cm³/mol. The summed E-state index contributed by atoms with van der Waals surface area (Å²) in [5, 5.41) is 10.9. The van der Waals surface area contributed by atoms with Gasteiger partial charge in [-0.05, 0) is 116 Å². The third-order valence-electron chi connectivity index (χ3n) is 7.87. The van der Waals surface area contributed by atoms with Crippen molar-refractivity contribution in [1.82, 2.24) is 0 Å². The smallest absolute Gasteiger partial charge is 0.330 e. The Morgan fingerprint density at radius 3 is 2.35 bits per heavy atom. The van der Waals surface area contributed by atoms with Crippen molar-refractivity contribution < 1.29 is 14.6 Å². The van der Waals surface area contributed by atoms with E-state index in [2.05, 4.69) is 25.1 Å². The standard InChI is InChI=1S/C28H32O3/c1-3-31-27(30)9-5-19-4-7-24(18(2)10-19)23-6-8-26(29)25(14-23)28-15-20-11-21(16-28)13-22(12-20)17-28/h4-10,14,20-22,29H,3,11-13,15-17H2,1-2H3/b9-5+. The van der Waals surface area contributed by atoms with Crippen LogP contribution in [0, 0.1) is 24.7 Å². The lowest BCUT2D eigenvalue weighted by atomic mass is 9.48. The SMILES string of the molecule is CCOC(=O)/C=C/c1ccc(-c2ccc(O)c(C34CC5CC(CC(C5)C3)C4)c2)c(C)c1. The Kier molecular flexibility index (Phi) is 5.16. The molecule has 0 amide bonds. The molecular formula is C28H32O3. The lowest BCUT2D eigenvalue weighted by molar-refractivity contribution is -0.137. The van der Waals surface area contributed by atoms with E-state index in [1.54, 1.807) is 13.0 Å². The molecule has 3 nitrogen and oxygen atoms in total. The number of benzene rings is 2. The van der Waals surface area contributed by atoms with Crippen molar-refractivity contribution in [1.29, 1.82) is 0 Å². The Bertz CT molecular complexity index is 997. The Morgan fingerprint density at radius 1 is 1.06 bits per heavy atom. The highest BCUT2D eigenvalue weighted by Gasteiger charge is 2.52. The summed E-state index contributed by atoms with van der Waals surface area (Å²) in [7, 11) is 0. The van der Waals surface area contributed by atoms with E-state index < -0.39 is 0 Å². The average Bonchev–Trinajstić information content (AvgIpc) is 2.72. The van der Waals surface area contributed by atoms with E-state index in [1.807, 2.05) is 18.2 Å². The first-order valence-electron chi connectivity index (χ1n) is 11.7. The second-order valence-corrected chi connectivity index (χ2v) is 10.1. The van der Waals surface area contributed by atoms with Gasteiger partial charge < -0.3 is 9.84 Å². The summed E-state index contributed by atoms with van der Waals surface area (Å²) in [5.41, 5.74) is 5.84. The molecule has 3 heteroatoms. The molecule has 0 spiro atoms. The van der Waals surface area contributed by atoms with E-state index in [0.29, 0.717) is 12.4 Å². The first-order chi connectivity index (χ1) is 15.0. The minimum Gasteiger partial charge on any atom is -0.508 e. The monoisotopic (exact) mass is 416 g/mol. The number of carbonyl (C=O) groups is 1. The fraction of sp³-hybridized carbons (Fsp3) is 0.464. The summed E-state index contributed by atoms with van der Waals surface area (Å²) in [6.07, 6.45) is 11.2. The maximum Gasteiger partial charge on any atom is 0.330 e. The molecule has 0 saturated heterocycles. The van der Waals surface area contributed by atoms with E-state index in [0.717, 1.165) is 28.9 Å². The summed E-state index contributed by atoms with van der Waals surface area (Å²) in [6.45, 7) is 4.29. The molecule has 162 valence electrons. The molecule has 0 heterocycles. The molecule has 2 aromatic rings. The zero-order chi connectivity index (χ0) is 21.6. The third kappa shape index (κ3) is 3.79. The number of rotatable bonds is 5. The average molecular weight is 417 g/mol. The zero-order valence-corrected chi connectivity index (χ0v) is 18.6. The lowest BCUT2D eigenvalue weighted by Crippen LogP contribution is -2.48. The number of hydrogen-bond acceptors (Lipinski definition) is 3. The summed E-state index contributed by atoms with van der Waals surface area (Å²) in [5.74, 6) is 2.70. The summed E-state index contributed by atoms with van der Waals surface area (Å²) in [6, 6.07) is 12.5. The molecule has 6 rings (SSSR count). The van der Waals surface area contributed by atoms with E-state index in [9.17, 15) is 9.90 Å². The van der Waals surface area contributed by atoms with Gasteiger partial charge in [-0.25, -0.2) is 4.79 Å². The van der Waals surface area contributed by atoms with Gasteiger partial charge in [-0.1, -0.05) is 24.3 Å². The van der Waals surface area contributed by atoms with Gasteiger partial charge in [0.05, 0.1) is 6.61 Å². The molecule has 4 fully saturated rings. The molecule has 0 aliphatic heterocycles. The molecule has 31 heavy (non-hydrogen) atoms. The van der Waals surface area contributed by atoms with Crippen molar-refractivity contribution in [2.75, 3.05) is 6.61 Å². The second kappa shape index (κ2) is 7.85. The van der Waals surface area contributed by atoms with Crippen molar-refractivity contribution in [2.45, 2.75) is 57.8 Å². The van der Waals surface area contributed by atoms with Gasteiger partial charge in [0, 0.05) is 11.6 Å². The van der Waals surface area contributed by atoms with Gasteiger partial charge in [-0.15, -0.1) is 0 Å². The van der Waals surface area contributed by atoms with E-state index in [4.69, 9.17) is 4.74 Å². The highest BCUT2D eigenvalue weighted by atomic mass is 16.5. The largest absolute Gasteiger partial charge is 0.508 e. The third-order valence-corrected chi connectivity index (χ3v) is 7.87. The second-order valence-electron chi connectivity index (χ2n) is 10.1. The highest BCUT2D eigenvalue weighted by Crippen LogP contribution is 2.62. The highest BCUT2D eigenvalue weighted by molar-refractivity contribution is 5.87. The topological polar surface area (TPSA) is 46.5 Å². The van der Waals surface area contributed by atoms with E-state index >= 15 is 0 Å². The van der Waals surface area contributed by atoms with Crippen molar-refractivity contribution in [3.05, 3.63) is 59.2 Å². The number of phenolic OH excluding ortho intramolecular Hbond substituents is 1. The van der Waals surface area contributed by atoms with Crippen LogP contribution in [0.1, 0.15) is 62.1 Å². The summed E-state index contributed by atoms with van der Waals surface area (Å²) in [4.78, 5) is 11.6. The van der Waals surface area contributed by atoms with Gasteiger partial charge in [-0.3, -0.25) is 0 Å². The van der Waals surface area contributed by atoms with Crippen LogP contribution in [0.4, 0.5) is 0 Å². The van der Waals surface area contributed by atoms with Gasteiger partial charge in [0.2, 0.25) is 0 Å². The molecule has 4 aliphatic carbocycles. The zero-order valence-electron chi connectivity index (χ0n) is 18.6. The molecule has 4 bridgehead atoms. The van der Waals surface area contributed by atoms with Crippen molar-refractivity contribution in [3.8, 4) is 16.9 Å². The van der Waals surface area contributed by atoms with Crippen molar-refractivity contribution in [2.24, 2.45) is 17.8 Å². The van der Waals surface area contributed by atoms with E-state index in [1.165, 1.54) is 61.3 Å². The van der Waals surface area contributed by atoms with Crippen molar-refractivity contribution >= 4 is 12.0 Å². The van der Waals surface area contributed by atoms with Crippen LogP contribution in [-0.2, 0) is 14.9 Å². The summed E-state index contributed by atoms with van der Waals surface area (Å²) < 4.78 is 4.96. The molecule has 1 N–H and O–H groups in total. The normalized spacial score (nSPS) is 28.9. The molecule has 4 aliphatic rings. The number of hydrogen-bond donors (Lipinski definition) is 1. The van der Waals surface area contributed by atoms with Crippen LogP contribution in [0.25, 0.3) is 17.2 Å². The molecule has 0 radical (unpaired) electrons. The van der Waals surface area contributed by atoms with Gasteiger partial charge in [0.25, 0.3) is 0 Å². The first kappa shape index (κ1) is 20.4.